The van der Waals surface area contributed by atoms with Crippen molar-refractivity contribution in [2.75, 3.05) is 13.1 Å². The van der Waals surface area contributed by atoms with Crippen LogP contribution >= 0.6 is 0 Å². The van der Waals surface area contributed by atoms with Gasteiger partial charge in [0.2, 0.25) is 0 Å². The molecule has 0 aromatic rings. The maximum Gasteiger partial charge on any atom is 0.332 e. The minimum Gasteiger partial charge on any atom is -0.479 e. The van der Waals surface area contributed by atoms with E-state index in [1.165, 1.54) is 32.1 Å². The summed E-state index contributed by atoms with van der Waals surface area (Å²) in [6.07, 6.45) is 7.52. The minimum atomic E-state index is -0.804. The molecule has 0 aromatic carbocycles. The fourth-order valence-electron chi connectivity index (χ4n) is 3.24. The van der Waals surface area contributed by atoms with Crippen LogP contribution in [-0.2, 0) is 9.53 Å². The van der Waals surface area contributed by atoms with Gasteiger partial charge in [0.1, 0.15) is 0 Å². The molecule has 2 aliphatic rings. The zero-order valence-electron chi connectivity index (χ0n) is 11.3. The maximum absolute atomic E-state index is 10.9. The molecule has 104 valence electrons. The molecule has 4 nitrogen and oxygen atoms in total. The average Bonchev–Trinajstić information content (AvgIpc) is 2.81. The molecular weight excluding hydrogens is 230 g/mol. The molecule has 3 atom stereocenters. The number of nitrogens with zero attached hydrogens (tertiary/aromatic N) is 1. The third-order valence-corrected chi connectivity index (χ3v) is 4.19. The Morgan fingerprint density at radius 3 is 2.83 bits per heavy atom. The monoisotopic (exact) mass is 255 g/mol. The van der Waals surface area contributed by atoms with Crippen molar-refractivity contribution in [3.8, 4) is 0 Å². The number of hydrogen-bond donors (Lipinski definition) is 1. The van der Waals surface area contributed by atoms with Crippen LogP contribution in [0.5, 0.6) is 0 Å². The topological polar surface area (TPSA) is 49.8 Å². The van der Waals surface area contributed by atoms with Gasteiger partial charge in [0.25, 0.3) is 0 Å². The van der Waals surface area contributed by atoms with Crippen LogP contribution in [0.3, 0.4) is 0 Å². The second-order valence-electron chi connectivity index (χ2n) is 5.60. The van der Waals surface area contributed by atoms with E-state index in [2.05, 4.69) is 11.8 Å². The average molecular weight is 255 g/mol. The first-order chi connectivity index (χ1) is 8.70. The quantitative estimate of drug-likeness (QED) is 0.818. The van der Waals surface area contributed by atoms with E-state index in [1.807, 2.05) is 0 Å². The van der Waals surface area contributed by atoms with E-state index < -0.39 is 12.1 Å². The summed E-state index contributed by atoms with van der Waals surface area (Å²) in [5.41, 5.74) is 0. The van der Waals surface area contributed by atoms with Crippen LogP contribution in [0.1, 0.15) is 51.9 Å². The number of hydrogen-bond acceptors (Lipinski definition) is 3. The van der Waals surface area contributed by atoms with Crippen LogP contribution in [-0.4, -0.2) is 47.3 Å². The van der Waals surface area contributed by atoms with E-state index in [-0.39, 0.29) is 6.10 Å². The van der Waals surface area contributed by atoms with Gasteiger partial charge in [-0.1, -0.05) is 19.8 Å². The lowest BCUT2D eigenvalue weighted by Gasteiger charge is -2.37. The standard InChI is InChI=1S/C14H25NO3/c1-2-5-11-6-3-4-9-15(11)10-12-7-8-13(18-12)14(16)17/h11-13H,2-10H2,1H3,(H,16,17). The summed E-state index contributed by atoms with van der Waals surface area (Å²) in [7, 11) is 0. The van der Waals surface area contributed by atoms with E-state index >= 15 is 0 Å². The summed E-state index contributed by atoms with van der Waals surface area (Å²) in [4.78, 5) is 13.4. The molecule has 1 N–H and O–H groups in total. The first kappa shape index (κ1) is 13.8. The van der Waals surface area contributed by atoms with Crippen LogP contribution in [0.2, 0.25) is 0 Å². The predicted molar refractivity (Wildman–Crippen MR) is 69.7 cm³/mol. The van der Waals surface area contributed by atoms with Gasteiger partial charge >= 0.3 is 5.97 Å². The molecule has 0 radical (unpaired) electrons. The second kappa shape index (κ2) is 6.53. The van der Waals surface area contributed by atoms with Gasteiger partial charge in [-0.3, -0.25) is 4.90 Å². The molecule has 2 fully saturated rings. The van der Waals surface area contributed by atoms with Gasteiger partial charge in [0.05, 0.1) is 6.10 Å². The molecule has 0 aromatic heterocycles. The molecule has 0 amide bonds. The Balaban J connectivity index is 1.82. The number of carboxylic acid groups (broad SMARTS) is 1. The van der Waals surface area contributed by atoms with Crippen LogP contribution in [0, 0.1) is 0 Å². The highest BCUT2D eigenvalue weighted by atomic mass is 16.5. The molecule has 2 aliphatic heterocycles. The molecule has 0 aliphatic carbocycles. The van der Waals surface area contributed by atoms with Gasteiger partial charge in [0, 0.05) is 12.6 Å². The first-order valence-corrected chi connectivity index (χ1v) is 7.33. The molecule has 2 heterocycles. The smallest absolute Gasteiger partial charge is 0.332 e. The van der Waals surface area contributed by atoms with E-state index in [0.717, 1.165) is 19.5 Å². The Morgan fingerprint density at radius 1 is 1.33 bits per heavy atom. The Labute approximate surface area is 109 Å². The fraction of sp³-hybridized carbons (Fsp3) is 0.929. The van der Waals surface area contributed by atoms with Crippen molar-refractivity contribution in [2.45, 2.75) is 70.1 Å². The molecule has 0 bridgehead atoms. The maximum atomic E-state index is 10.9. The highest BCUT2D eigenvalue weighted by molar-refractivity contribution is 5.72. The zero-order valence-corrected chi connectivity index (χ0v) is 11.3. The molecule has 0 saturated carbocycles. The lowest BCUT2D eigenvalue weighted by atomic mass is 9.97. The summed E-state index contributed by atoms with van der Waals surface area (Å²) in [6, 6.07) is 0.691. The summed E-state index contributed by atoms with van der Waals surface area (Å²) in [6.45, 7) is 4.32. The molecule has 0 spiro atoms. The second-order valence-corrected chi connectivity index (χ2v) is 5.60. The Kier molecular flexibility index (Phi) is 5.01. The van der Waals surface area contributed by atoms with Crippen molar-refractivity contribution in [1.82, 2.24) is 4.90 Å². The molecule has 18 heavy (non-hydrogen) atoms. The van der Waals surface area contributed by atoms with E-state index in [9.17, 15) is 4.79 Å². The minimum absolute atomic E-state index is 0.128. The number of carboxylic acids is 1. The lowest BCUT2D eigenvalue weighted by Crippen LogP contribution is -2.43. The largest absolute Gasteiger partial charge is 0.479 e. The normalized spacial score (nSPS) is 33.7. The Morgan fingerprint density at radius 2 is 2.17 bits per heavy atom. The van der Waals surface area contributed by atoms with Crippen molar-refractivity contribution in [3.63, 3.8) is 0 Å². The number of piperidine rings is 1. The van der Waals surface area contributed by atoms with Crippen molar-refractivity contribution in [1.29, 1.82) is 0 Å². The van der Waals surface area contributed by atoms with Crippen molar-refractivity contribution >= 4 is 5.97 Å². The van der Waals surface area contributed by atoms with Crippen LogP contribution < -0.4 is 0 Å². The summed E-state index contributed by atoms with van der Waals surface area (Å²) < 4.78 is 5.61. The van der Waals surface area contributed by atoms with Crippen LogP contribution in [0.25, 0.3) is 0 Å². The fourth-order valence-corrected chi connectivity index (χ4v) is 3.24. The SMILES string of the molecule is CCCC1CCCCN1CC1CCC(C(=O)O)O1. The number of likely N-dealkylation sites (tertiary alicyclic amines) is 1. The number of aliphatic carboxylic acids is 1. The summed E-state index contributed by atoms with van der Waals surface area (Å²) >= 11 is 0. The Bertz CT molecular complexity index is 280. The Hall–Kier alpha value is -0.610. The van der Waals surface area contributed by atoms with Gasteiger partial charge in [-0.2, -0.15) is 0 Å². The summed E-state index contributed by atoms with van der Waals surface area (Å²) in [5, 5.41) is 8.93. The van der Waals surface area contributed by atoms with Gasteiger partial charge in [0.15, 0.2) is 6.10 Å². The van der Waals surface area contributed by atoms with Gasteiger partial charge in [-0.05, 0) is 38.6 Å². The molecule has 4 heteroatoms. The van der Waals surface area contributed by atoms with Gasteiger partial charge in [-0.15, -0.1) is 0 Å². The third-order valence-electron chi connectivity index (χ3n) is 4.19. The first-order valence-electron chi connectivity index (χ1n) is 7.33. The van der Waals surface area contributed by atoms with E-state index in [1.54, 1.807) is 0 Å². The lowest BCUT2D eigenvalue weighted by molar-refractivity contribution is -0.149. The summed E-state index contributed by atoms with van der Waals surface area (Å²) in [5.74, 6) is -0.804. The van der Waals surface area contributed by atoms with Crippen LogP contribution in [0.4, 0.5) is 0 Å². The van der Waals surface area contributed by atoms with Crippen LogP contribution in [0.15, 0.2) is 0 Å². The molecule has 3 unspecified atom stereocenters. The van der Waals surface area contributed by atoms with E-state index in [0.29, 0.717) is 12.5 Å². The molecule has 2 rings (SSSR count). The van der Waals surface area contributed by atoms with E-state index in [4.69, 9.17) is 9.84 Å². The highest BCUT2D eigenvalue weighted by Crippen LogP contribution is 2.25. The number of carbonyl (C=O) groups is 1. The molecule has 2 saturated heterocycles. The van der Waals surface area contributed by atoms with Crippen molar-refractivity contribution < 1.29 is 14.6 Å². The number of rotatable bonds is 5. The van der Waals surface area contributed by atoms with Gasteiger partial charge in [-0.25, -0.2) is 4.79 Å². The van der Waals surface area contributed by atoms with Gasteiger partial charge < -0.3 is 9.84 Å². The predicted octanol–water partition coefficient (Wildman–Crippen LogP) is 2.27. The van der Waals surface area contributed by atoms with Crippen molar-refractivity contribution in [3.05, 3.63) is 0 Å². The highest BCUT2D eigenvalue weighted by Gasteiger charge is 2.33. The number of ether oxygens (including phenoxy) is 1. The molecular formula is C14H25NO3. The third kappa shape index (κ3) is 3.45. The van der Waals surface area contributed by atoms with Crippen molar-refractivity contribution in [2.24, 2.45) is 0 Å². The zero-order chi connectivity index (χ0) is 13.0.